The van der Waals surface area contributed by atoms with Crippen molar-refractivity contribution in [2.75, 3.05) is 37.0 Å². The van der Waals surface area contributed by atoms with Crippen molar-refractivity contribution in [1.82, 2.24) is 24.6 Å². The van der Waals surface area contributed by atoms with Gasteiger partial charge in [0.1, 0.15) is 17.5 Å². The Labute approximate surface area is 204 Å². The smallest absolute Gasteiger partial charge is 0.223 e. The minimum atomic E-state index is -0.289. The van der Waals surface area contributed by atoms with Crippen LogP contribution in [0.1, 0.15) is 57.0 Å². The van der Waals surface area contributed by atoms with Gasteiger partial charge in [0.15, 0.2) is 5.65 Å². The lowest BCUT2D eigenvalue weighted by Gasteiger charge is -2.24. The highest BCUT2D eigenvalue weighted by Crippen LogP contribution is 2.32. The van der Waals surface area contributed by atoms with Gasteiger partial charge in [-0.1, -0.05) is 20.3 Å². The molecule has 0 bridgehead atoms. The van der Waals surface area contributed by atoms with Gasteiger partial charge in [0.25, 0.3) is 0 Å². The Morgan fingerprint density at radius 2 is 1.91 bits per heavy atom. The van der Waals surface area contributed by atoms with Crippen LogP contribution in [-0.2, 0) is 4.79 Å². The Kier molecular flexibility index (Phi) is 7.66. The van der Waals surface area contributed by atoms with Crippen molar-refractivity contribution in [1.29, 1.82) is 0 Å². The summed E-state index contributed by atoms with van der Waals surface area (Å²) >= 11 is 5.79. The molecule has 0 aliphatic carbocycles. The molecule has 0 spiro atoms. The zero-order valence-electron chi connectivity index (χ0n) is 20.1. The summed E-state index contributed by atoms with van der Waals surface area (Å²) < 4.78 is 15.3. The highest BCUT2D eigenvalue weighted by Gasteiger charge is 2.25. The Bertz CT molecular complexity index is 1150. The van der Waals surface area contributed by atoms with E-state index >= 15 is 0 Å². The van der Waals surface area contributed by atoms with Crippen LogP contribution in [-0.4, -0.2) is 62.6 Å². The number of nitrogens with zero attached hydrogens (tertiary/aromatic N) is 6. The summed E-state index contributed by atoms with van der Waals surface area (Å²) in [5.74, 6) is 1.99. The fourth-order valence-electron chi connectivity index (χ4n) is 4.57. The van der Waals surface area contributed by atoms with Crippen LogP contribution in [0.25, 0.3) is 16.7 Å². The van der Waals surface area contributed by atoms with E-state index in [1.54, 1.807) is 16.8 Å². The fraction of sp³-hybridized carbons (Fsp3) is 0.520. The van der Waals surface area contributed by atoms with Crippen LogP contribution in [0.3, 0.4) is 0 Å². The number of aryl methyl sites for hydroxylation is 1. The molecule has 1 amide bonds. The molecule has 9 heteroatoms. The summed E-state index contributed by atoms with van der Waals surface area (Å²) in [4.78, 5) is 26.6. The number of amides is 1. The van der Waals surface area contributed by atoms with Crippen molar-refractivity contribution >= 4 is 34.4 Å². The Balaban J connectivity index is 1.79. The quantitative estimate of drug-likeness (QED) is 0.447. The van der Waals surface area contributed by atoms with E-state index in [-0.39, 0.29) is 17.6 Å². The molecule has 0 radical (unpaired) electrons. The lowest BCUT2D eigenvalue weighted by Crippen LogP contribution is -2.35. The molecular weight excluding hydrogens is 455 g/mol. The van der Waals surface area contributed by atoms with Crippen molar-refractivity contribution in [3.05, 3.63) is 41.6 Å². The van der Waals surface area contributed by atoms with Crippen molar-refractivity contribution in [2.45, 2.75) is 52.4 Å². The van der Waals surface area contributed by atoms with Gasteiger partial charge < -0.3 is 9.80 Å². The second kappa shape index (κ2) is 10.7. The fourth-order valence-corrected chi connectivity index (χ4v) is 4.73. The maximum absolute atomic E-state index is 13.6. The van der Waals surface area contributed by atoms with Gasteiger partial charge in [-0.2, -0.15) is 5.10 Å². The molecule has 1 saturated heterocycles. The predicted octanol–water partition coefficient (Wildman–Crippen LogP) is 4.83. The topological polar surface area (TPSA) is 67.2 Å². The molecule has 34 heavy (non-hydrogen) atoms. The third kappa shape index (κ3) is 5.02. The van der Waals surface area contributed by atoms with E-state index in [1.807, 2.05) is 11.8 Å². The number of fused-ring (bicyclic) bond motifs is 1. The molecule has 4 rings (SSSR count). The molecule has 1 fully saturated rings. The van der Waals surface area contributed by atoms with E-state index in [0.29, 0.717) is 31.9 Å². The first kappa shape index (κ1) is 24.4. The summed E-state index contributed by atoms with van der Waals surface area (Å²) in [6.07, 6.45) is 3.23. The molecule has 1 atom stereocenters. The molecular formula is C25H32ClFN6O. The summed E-state index contributed by atoms with van der Waals surface area (Å²) in [5, 5.41) is 5.67. The summed E-state index contributed by atoms with van der Waals surface area (Å²) in [6.45, 7) is 9.08. The Hall–Kier alpha value is -2.74. The lowest BCUT2D eigenvalue weighted by atomic mass is 10.1. The molecule has 3 aromatic rings. The number of hydrogen-bond donors (Lipinski definition) is 0. The predicted molar refractivity (Wildman–Crippen MR) is 133 cm³/mol. The highest BCUT2D eigenvalue weighted by atomic mass is 35.5. The second-order valence-electron chi connectivity index (χ2n) is 8.93. The van der Waals surface area contributed by atoms with Gasteiger partial charge in [0.05, 0.1) is 16.8 Å². The average Bonchev–Trinajstić information content (AvgIpc) is 2.99. The van der Waals surface area contributed by atoms with Gasteiger partial charge >= 0.3 is 0 Å². The molecule has 3 heterocycles. The second-order valence-corrected chi connectivity index (χ2v) is 9.31. The minimum absolute atomic E-state index is 0.0993. The van der Waals surface area contributed by atoms with E-state index in [0.717, 1.165) is 59.9 Å². The maximum Gasteiger partial charge on any atom is 0.223 e. The van der Waals surface area contributed by atoms with Gasteiger partial charge in [-0.3, -0.25) is 4.79 Å². The Morgan fingerprint density at radius 1 is 1.15 bits per heavy atom. The van der Waals surface area contributed by atoms with E-state index in [9.17, 15) is 9.18 Å². The number of alkyl halides is 1. The first-order valence-electron chi connectivity index (χ1n) is 12.0. The van der Waals surface area contributed by atoms with Crippen molar-refractivity contribution < 1.29 is 9.18 Å². The van der Waals surface area contributed by atoms with Crippen LogP contribution in [0.15, 0.2) is 24.3 Å². The number of halogens is 2. The number of rotatable bonds is 7. The number of carbonyl (C=O) groups excluding carboxylic acids is 1. The first-order chi connectivity index (χ1) is 16.4. The maximum atomic E-state index is 13.6. The van der Waals surface area contributed by atoms with E-state index in [1.165, 1.54) is 12.1 Å². The van der Waals surface area contributed by atoms with Crippen molar-refractivity contribution in [3.63, 3.8) is 0 Å². The normalized spacial score (nSPS) is 15.6. The molecule has 0 unspecified atom stereocenters. The van der Waals surface area contributed by atoms with Crippen LogP contribution in [0, 0.1) is 12.7 Å². The van der Waals surface area contributed by atoms with Crippen LogP contribution in [0.2, 0.25) is 0 Å². The Morgan fingerprint density at radius 3 is 2.62 bits per heavy atom. The molecule has 0 saturated carbocycles. The van der Waals surface area contributed by atoms with E-state index in [4.69, 9.17) is 26.7 Å². The molecule has 0 N–H and O–H groups in total. The summed E-state index contributed by atoms with van der Waals surface area (Å²) in [7, 11) is 0. The zero-order chi connectivity index (χ0) is 24.2. The number of hydrogen-bond acceptors (Lipinski definition) is 5. The summed E-state index contributed by atoms with van der Waals surface area (Å²) in [5.41, 5.74) is 2.31. The van der Waals surface area contributed by atoms with Gasteiger partial charge in [0, 0.05) is 44.4 Å². The van der Waals surface area contributed by atoms with Crippen LogP contribution in [0.5, 0.6) is 0 Å². The number of carbonyl (C=O) groups is 1. The molecule has 1 aliphatic rings. The largest absolute Gasteiger partial charge is 0.354 e. The standard InChI is InChI=1S/C25H32ClFN6O/c1-4-6-17(2)23-28-24(32-14-5-13-31(15-16-32)21(34)11-12-26)22-18(3)30-33(25(22)29-23)20-9-7-19(27)8-10-20/h7-10,17H,4-6,11-16H2,1-3H3/t17-/m1/s1. The van der Waals surface area contributed by atoms with E-state index < -0.39 is 0 Å². The van der Waals surface area contributed by atoms with Crippen molar-refractivity contribution in [2.24, 2.45) is 0 Å². The van der Waals surface area contributed by atoms with Crippen LogP contribution >= 0.6 is 11.6 Å². The molecule has 182 valence electrons. The lowest BCUT2D eigenvalue weighted by molar-refractivity contribution is -0.130. The van der Waals surface area contributed by atoms with Crippen LogP contribution < -0.4 is 4.90 Å². The van der Waals surface area contributed by atoms with Gasteiger partial charge in [0.2, 0.25) is 5.91 Å². The monoisotopic (exact) mass is 486 g/mol. The first-order valence-corrected chi connectivity index (χ1v) is 12.6. The molecule has 2 aromatic heterocycles. The van der Waals surface area contributed by atoms with Crippen LogP contribution in [0.4, 0.5) is 10.2 Å². The van der Waals surface area contributed by atoms with Gasteiger partial charge in [-0.05, 0) is 44.0 Å². The average molecular weight is 487 g/mol. The highest BCUT2D eigenvalue weighted by molar-refractivity contribution is 6.18. The summed E-state index contributed by atoms with van der Waals surface area (Å²) in [6, 6.07) is 6.29. The van der Waals surface area contributed by atoms with Gasteiger partial charge in [-0.15, -0.1) is 11.6 Å². The SMILES string of the molecule is CCC[C@@H](C)c1nc(N2CCCN(C(=O)CCCl)CC2)c2c(C)nn(-c3ccc(F)cc3)c2n1. The number of benzene rings is 1. The van der Waals surface area contributed by atoms with Crippen molar-refractivity contribution in [3.8, 4) is 5.69 Å². The minimum Gasteiger partial charge on any atom is -0.354 e. The number of aromatic nitrogens is 4. The third-order valence-electron chi connectivity index (χ3n) is 6.39. The zero-order valence-corrected chi connectivity index (χ0v) is 20.9. The number of anilines is 1. The van der Waals surface area contributed by atoms with Gasteiger partial charge in [-0.25, -0.2) is 19.0 Å². The molecule has 1 aliphatic heterocycles. The van der Waals surface area contributed by atoms with E-state index in [2.05, 4.69) is 18.7 Å². The molecule has 7 nitrogen and oxygen atoms in total. The molecule has 1 aromatic carbocycles. The third-order valence-corrected chi connectivity index (χ3v) is 6.58.